The van der Waals surface area contributed by atoms with Crippen molar-refractivity contribution in [3.8, 4) is 0 Å². The van der Waals surface area contributed by atoms with Crippen LogP contribution in [0.2, 0.25) is 0 Å². The molecule has 0 bridgehead atoms. The molecule has 0 aliphatic heterocycles. The average Bonchev–Trinajstić information content (AvgIpc) is 3.07. The molecule has 1 aromatic heterocycles. The maximum Gasteiger partial charge on any atom is 0.277 e. The first kappa shape index (κ1) is 19.2. The van der Waals surface area contributed by atoms with Crippen molar-refractivity contribution < 1.29 is 9.21 Å². The molecular formula is C21H23N3O2S. The van der Waals surface area contributed by atoms with Crippen LogP contribution >= 0.6 is 11.8 Å². The molecule has 0 spiro atoms. The number of aromatic nitrogens is 2. The minimum absolute atomic E-state index is 0.0950. The predicted molar refractivity (Wildman–Crippen MR) is 108 cm³/mol. The highest BCUT2D eigenvalue weighted by atomic mass is 32.2. The van der Waals surface area contributed by atoms with E-state index in [-0.39, 0.29) is 17.6 Å². The molecule has 5 nitrogen and oxygen atoms in total. The lowest BCUT2D eigenvalue weighted by atomic mass is 9.98. The zero-order chi connectivity index (χ0) is 19.2. The lowest BCUT2D eigenvalue weighted by molar-refractivity contribution is -0.113. The Bertz CT molecular complexity index is 889. The fourth-order valence-corrected chi connectivity index (χ4v) is 3.49. The van der Waals surface area contributed by atoms with Crippen molar-refractivity contribution in [1.82, 2.24) is 10.2 Å². The van der Waals surface area contributed by atoms with E-state index >= 15 is 0 Å². The summed E-state index contributed by atoms with van der Waals surface area (Å²) in [5, 5.41) is 11.5. The summed E-state index contributed by atoms with van der Waals surface area (Å²) in [5.74, 6) is 1.01. The molecule has 3 aromatic rings. The van der Waals surface area contributed by atoms with Gasteiger partial charge in [0.25, 0.3) is 5.22 Å². The van der Waals surface area contributed by atoms with Crippen LogP contribution in [-0.2, 0) is 11.2 Å². The topological polar surface area (TPSA) is 68.0 Å². The molecule has 0 saturated heterocycles. The van der Waals surface area contributed by atoms with Crippen LogP contribution in [0.15, 0.2) is 58.2 Å². The lowest BCUT2D eigenvalue weighted by Gasteiger charge is -2.08. The number of carbonyl (C=O) groups excluding carboxylic acids is 1. The molecule has 140 valence electrons. The van der Waals surface area contributed by atoms with Crippen molar-refractivity contribution in [3.63, 3.8) is 0 Å². The van der Waals surface area contributed by atoms with Gasteiger partial charge in [0.2, 0.25) is 11.8 Å². The van der Waals surface area contributed by atoms with Gasteiger partial charge >= 0.3 is 0 Å². The van der Waals surface area contributed by atoms with Crippen LogP contribution in [0.25, 0.3) is 0 Å². The summed E-state index contributed by atoms with van der Waals surface area (Å²) in [4.78, 5) is 12.2. The Kier molecular flexibility index (Phi) is 6.29. The maximum absolute atomic E-state index is 12.2. The van der Waals surface area contributed by atoms with E-state index in [0.717, 1.165) is 16.8 Å². The standard InChI is InChI=1S/C21H23N3O2S/c1-14-9-15(2)11-18(10-14)22-19(25)13-27-21-24-23-20(26-21)12-16(3)17-7-5-4-6-8-17/h4-11,16H,12-13H2,1-3H3,(H,22,25). The third-order valence-electron chi connectivity index (χ3n) is 4.13. The van der Waals surface area contributed by atoms with Gasteiger partial charge in [0.05, 0.1) is 5.75 Å². The number of nitrogens with one attached hydrogen (secondary N) is 1. The predicted octanol–water partition coefficient (Wildman–Crippen LogP) is 4.76. The second-order valence-corrected chi connectivity index (χ2v) is 7.62. The smallest absolute Gasteiger partial charge is 0.277 e. The van der Waals surface area contributed by atoms with Crippen molar-refractivity contribution in [2.24, 2.45) is 0 Å². The first-order valence-electron chi connectivity index (χ1n) is 8.88. The van der Waals surface area contributed by atoms with E-state index in [1.807, 2.05) is 44.2 Å². The summed E-state index contributed by atoms with van der Waals surface area (Å²) in [7, 11) is 0. The number of thioether (sulfide) groups is 1. The molecule has 1 atom stereocenters. The summed E-state index contributed by atoms with van der Waals surface area (Å²) >= 11 is 1.25. The number of nitrogens with zero attached hydrogens (tertiary/aromatic N) is 2. The van der Waals surface area contributed by atoms with E-state index in [2.05, 4.69) is 40.6 Å². The Balaban J connectivity index is 1.51. The largest absolute Gasteiger partial charge is 0.416 e. The molecular weight excluding hydrogens is 358 g/mol. The summed E-state index contributed by atoms with van der Waals surface area (Å²) in [6, 6.07) is 16.2. The van der Waals surface area contributed by atoms with Crippen molar-refractivity contribution >= 4 is 23.4 Å². The SMILES string of the molecule is Cc1cc(C)cc(NC(=O)CSc2nnc(CC(C)c3ccccc3)o2)c1. The van der Waals surface area contributed by atoms with Crippen LogP contribution in [0.4, 0.5) is 5.69 Å². The number of anilines is 1. The van der Waals surface area contributed by atoms with Crippen LogP contribution in [0.3, 0.4) is 0 Å². The maximum atomic E-state index is 12.2. The summed E-state index contributed by atoms with van der Waals surface area (Å²) in [6.07, 6.45) is 0.673. The summed E-state index contributed by atoms with van der Waals surface area (Å²) < 4.78 is 5.68. The van der Waals surface area contributed by atoms with Crippen LogP contribution < -0.4 is 5.32 Å². The van der Waals surface area contributed by atoms with Crippen LogP contribution in [0.5, 0.6) is 0 Å². The molecule has 0 aliphatic rings. The molecule has 27 heavy (non-hydrogen) atoms. The monoisotopic (exact) mass is 381 g/mol. The minimum atomic E-state index is -0.0950. The summed E-state index contributed by atoms with van der Waals surface area (Å²) in [6.45, 7) is 6.14. The van der Waals surface area contributed by atoms with Crippen molar-refractivity contribution in [2.45, 2.75) is 38.3 Å². The van der Waals surface area contributed by atoms with E-state index in [9.17, 15) is 4.79 Å². The number of aryl methyl sites for hydroxylation is 2. The van der Waals surface area contributed by atoms with E-state index < -0.39 is 0 Å². The number of hydrogen-bond acceptors (Lipinski definition) is 5. The molecule has 6 heteroatoms. The minimum Gasteiger partial charge on any atom is -0.416 e. The Labute approximate surface area is 163 Å². The summed E-state index contributed by atoms with van der Waals surface area (Å²) in [5.41, 5.74) is 4.28. The zero-order valence-electron chi connectivity index (χ0n) is 15.7. The molecule has 2 aromatic carbocycles. The zero-order valence-corrected chi connectivity index (χ0v) is 16.5. The van der Waals surface area contributed by atoms with Gasteiger partial charge < -0.3 is 9.73 Å². The first-order valence-corrected chi connectivity index (χ1v) is 9.86. The fraction of sp³-hybridized carbons (Fsp3) is 0.286. The normalized spacial score (nSPS) is 12.0. The average molecular weight is 382 g/mol. The highest BCUT2D eigenvalue weighted by Crippen LogP contribution is 2.22. The van der Waals surface area contributed by atoms with Gasteiger partial charge in [-0.2, -0.15) is 0 Å². The molecule has 0 saturated carbocycles. The van der Waals surface area contributed by atoms with Crippen molar-refractivity contribution in [1.29, 1.82) is 0 Å². The third kappa shape index (κ3) is 5.69. The number of benzene rings is 2. The van der Waals surface area contributed by atoms with Crippen molar-refractivity contribution in [2.75, 3.05) is 11.1 Å². The van der Waals surface area contributed by atoms with Crippen LogP contribution in [0, 0.1) is 13.8 Å². The number of amides is 1. The van der Waals surface area contributed by atoms with Gasteiger partial charge in [-0.15, -0.1) is 10.2 Å². The molecule has 3 rings (SSSR count). The van der Waals surface area contributed by atoms with E-state index in [1.165, 1.54) is 17.3 Å². The Morgan fingerprint density at radius 1 is 1.11 bits per heavy atom. The molecule has 1 amide bonds. The van der Waals surface area contributed by atoms with Gasteiger partial charge in [-0.1, -0.05) is 55.1 Å². The Hall–Kier alpha value is -2.60. The van der Waals surface area contributed by atoms with Crippen LogP contribution in [-0.4, -0.2) is 21.9 Å². The fourth-order valence-electron chi connectivity index (χ4n) is 2.91. The molecule has 0 fully saturated rings. The highest BCUT2D eigenvalue weighted by Gasteiger charge is 2.14. The second-order valence-electron chi connectivity index (χ2n) is 6.69. The molecule has 1 N–H and O–H groups in total. The quantitative estimate of drug-likeness (QED) is 0.598. The number of hydrogen-bond donors (Lipinski definition) is 1. The van der Waals surface area contributed by atoms with Gasteiger partial charge in [-0.25, -0.2) is 0 Å². The Morgan fingerprint density at radius 2 is 1.81 bits per heavy atom. The van der Waals surface area contributed by atoms with E-state index in [1.54, 1.807) is 0 Å². The van der Waals surface area contributed by atoms with E-state index in [0.29, 0.717) is 17.5 Å². The van der Waals surface area contributed by atoms with E-state index in [4.69, 9.17) is 4.42 Å². The Morgan fingerprint density at radius 3 is 2.52 bits per heavy atom. The molecule has 1 unspecified atom stereocenters. The lowest BCUT2D eigenvalue weighted by Crippen LogP contribution is -2.14. The highest BCUT2D eigenvalue weighted by molar-refractivity contribution is 7.99. The number of rotatable bonds is 7. The molecule has 0 aliphatic carbocycles. The van der Waals surface area contributed by atoms with Crippen LogP contribution in [0.1, 0.15) is 35.4 Å². The van der Waals surface area contributed by atoms with Gasteiger partial charge in [-0.3, -0.25) is 4.79 Å². The first-order chi connectivity index (χ1) is 13.0. The van der Waals surface area contributed by atoms with Gasteiger partial charge in [0.1, 0.15) is 0 Å². The van der Waals surface area contributed by atoms with Gasteiger partial charge in [0.15, 0.2) is 0 Å². The second kappa shape index (κ2) is 8.86. The molecule has 1 heterocycles. The van der Waals surface area contributed by atoms with Gasteiger partial charge in [-0.05, 0) is 48.6 Å². The van der Waals surface area contributed by atoms with Gasteiger partial charge in [0, 0.05) is 12.1 Å². The molecule has 0 radical (unpaired) electrons. The number of carbonyl (C=O) groups is 1. The van der Waals surface area contributed by atoms with Crippen molar-refractivity contribution in [3.05, 3.63) is 71.1 Å². The third-order valence-corrected chi connectivity index (χ3v) is 4.95.